The number of nitrogens with zero attached hydrogens (tertiary/aromatic N) is 1. The van der Waals surface area contributed by atoms with Gasteiger partial charge in [0.25, 0.3) is 0 Å². The van der Waals surface area contributed by atoms with Crippen LogP contribution in [-0.2, 0) is 6.54 Å². The molecule has 0 atom stereocenters. The minimum Gasteiger partial charge on any atom is -0.496 e. The monoisotopic (exact) mass is 361 g/mol. The van der Waals surface area contributed by atoms with Crippen molar-refractivity contribution < 1.29 is 14.2 Å². The maximum absolute atomic E-state index is 5.49. The summed E-state index contributed by atoms with van der Waals surface area (Å²) in [5, 5.41) is 6.71. The predicted octanol–water partition coefficient (Wildman–Crippen LogP) is 3.27. The van der Waals surface area contributed by atoms with Gasteiger partial charge < -0.3 is 24.8 Å². The number of hydrogen-bond donors (Lipinski definition) is 2. The highest BCUT2D eigenvalue weighted by Crippen LogP contribution is 2.33. The SMILES string of the molecule is CN=C(NCCC1=CCCCC1)NCc1c(OC)cc(OC)cc1OC. The zero-order valence-corrected chi connectivity index (χ0v) is 16.4. The summed E-state index contributed by atoms with van der Waals surface area (Å²) in [5.74, 6) is 2.90. The Morgan fingerprint density at radius 3 is 2.31 bits per heavy atom. The molecule has 1 aromatic rings. The maximum atomic E-state index is 5.49. The molecule has 0 spiro atoms. The molecular weight excluding hydrogens is 330 g/mol. The average molecular weight is 361 g/mol. The summed E-state index contributed by atoms with van der Waals surface area (Å²) >= 11 is 0. The van der Waals surface area contributed by atoms with Crippen molar-refractivity contribution >= 4 is 5.96 Å². The number of aliphatic imine (C=N–C) groups is 1. The van der Waals surface area contributed by atoms with Gasteiger partial charge >= 0.3 is 0 Å². The first kappa shape index (κ1) is 19.9. The second-order valence-electron chi connectivity index (χ2n) is 6.22. The Kier molecular flexibility index (Phi) is 8.12. The van der Waals surface area contributed by atoms with Crippen molar-refractivity contribution in [2.75, 3.05) is 34.9 Å². The van der Waals surface area contributed by atoms with Crippen LogP contribution in [0.3, 0.4) is 0 Å². The summed E-state index contributed by atoms with van der Waals surface area (Å²) in [7, 11) is 6.68. The van der Waals surface area contributed by atoms with Crippen LogP contribution < -0.4 is 24.8 Å². The van der Waals surface area contributed by atoms with Crippen LogP contribution in [0.15, 0.2) is 28.8 Å². The maximum Gasteiger partial charge on any atom is 0.191 e. The Bertz CT molecular complexity index is 616. The van der Waals surface area contributed by atoms with Crippen molar-refractivity contribution in [2.45, 2.75) is 38.6 Å². The predicted molar refractivity (Wildman–Crippen MR) is 105 cm³/mol. The first-order valence-electron chi connectivity index (χ1n) is 9.13. The third kappa shape index (κ3) is 5.58. The molecule has 0 bridgehead atoms. The summed E-state index contributed by atoms with van der Waals surface area (Å²) in [4.78, 5) is 4.30. The lowest BCUT2D eigenvalue weighted by molar-refractivity contribution is 0.368. The number of nitrogens with one attached hydrogen (secondary N) is 2. The summed E-state index contributed by atoms with van der Waals surface area (Å²) < 4.78 is 16.3. The fraction of sp³-hybridized carbons (Fsp3) is 0.550. The highest BCUT2D eigenvalue weighted by molar-refractivity contribution is 5.79. The van der Waals surface area contributed by atoms with Gasteiger partial charge in [0.05, 0.1) is 33.4 Å². The van der Waals surface area contributed by atoms with Gasteiger partial charge in [-0.15, -0.1) is 0 Å². The van der Waals surface area contributed by atoms with Gasteiger partial charge in [0.2, 0.25) is 0 Å². The molecule has 144 valence electrons. The molecule has 0 saturated heterocycles. The van der Waals surface area contributed by atoms with Crippen molar-refractivity contribution in [3.8, 4) is 17.2 Å². The zero-order chi connectivity index (χ0) is 18.8. The number of rotatable bonds is 8. The van der Waals surface area contributed by atoms with Gasteiger partial charge in [0.15, 0.2) is 5.96 Å². The number of methoxy groups -OCH3 is 3. The van der Waals surface area contributed by atoms with Crippen molar-refractivity contribution in [1.29, 1.82) is 0 Å². The molecular formula is C20H31N3O3. The van der Waals surface area contributed by atoms with Gasteiger partial charge in [0.1, 0.15) is 17.2 Å². The Morgan fingerprint density at radius 1 is 1.04 bits per heavy atom. The molecule has 6 nitrogen and oxygen atoms in total. The van der Waals surface area contributed by atoms with E-state index < -0.39 is 0 Å². The molecule has 0 aliphatic heterocycles. The second kappa shape index (κ2) is 10.6. The highest BCUT2D eigenvalue weighted by Gasteiger charge is 2.14. The molecule has 1 aliphatic carbocycles. The van der Waals surface area contributed by atoms with E-state index in [1.165, 1.54) is 25.7 Å². The number of hydrogen-bond acceptors (Lipinski definition) is 4. The standard InChI is InChI=1S/C20H31N3O3/c1-21-20(22-11-10-15-8-6-5-7-9-15)23-14-17-18(25-3)12-16(24-2)13-19(17)26-4/h8,12-13H,5-7,9-11,14H2,1-4H3,(H2,21,22,23). The minimum absolute atomic E-state index is 0.540. The molecule has 2 rings (SSSR count). The lowest BCUT2D eigenvalue weighted by Crippen LogP contribution is -2.37. The summed E-state index contributed by atoms with van der Waals surface area (Å²) in [6.07, 6.45) is 8.54. The Labute approximate surface area is 156 Å². The molecule has 0 aromatic heterocycles. The minimum atomic E-state index is 0.540. The molecule has 1 aliphatic rings. The third-order valence-corrected chi connectivity index (χ3v) is 4.60. The Hall–Kier alpha value is -2.37. The molecule has 0 heterocycles. The van der Waals surface area contributed by atoms with E-state index in [1.807, 2.05) is 12.1 Å². The topological polar surface area (TPSA) is 64.1 Å². The van der Waals surface area contributed by atoms with Crippen LogP contribution in [0.2, 0.25) is 0 Å². The lowest BCUT2D eigenvalue weighted by Gasteiger charge is -2.18. The van der Waals surface area contributed by atoms with E-state index >= 15 is 0 Å². The van der Waals surface area contributed by atoms with Crippen molar-refractivity contribution in [1.82, 2.24) is 10.6 Å². The van der Waals surface area contributed by atoms with Crippen LogP contribution in [0.5, 0.6) is 17.2 Å². The first-order chi connectivity index (χ1) is 12.7. The van der Waals surface area contributed by atoms with E-state index in [1.54, 1.807) is 34.0 Å². The first-order valence-corrected chi connectivity index (χ1v) is 9.13. The van der Waals surface area contributed by atoms with E-state index in [0.29, 0.717) is 12.3 Å². The summed E-state index contributed by atoms with van der Waals surface area (Å²) in [6, 6.07) is 3.70. The van der Waals surface area contributed by atoms with Crippen LogP contribution in [0, 0.1) is 0 Å². The van der Waals surface area contributed by atoms with Crippen LogP contribution in [0.4, 0.5) is 0 Å². The normalized spacial score (nSPS) is 14.5. The fourth-order valence-electron chi connectivity index (χ4n) is 3.12. The van der Waals surface area contributed by atoms with Crippen LogP contribution >= 0.6 is 0 Å². The quantitative estimate of drug-likeness (QED) is 0.423. The number of benzene rings is 1. The third-order valence-electron chi connectivity index (χ3n) is 4.60. The summed E-state index contributed by atoms with van der Waals surface area (Å²) in [6.45, 7) is 1.42. The fourth-order valence-corrected chi connectivity index (χ4v) is 3.12. The molecule has 1 aromatic carbocycles. The van der Waals surface area contributed by atoms with Crippen molar-refractivity contribution in [3.63, 3.8) is 0 Å². The van der Waals surface area contributed by atoms with Gasteiger partial charge in [-0.1, -0.05) is 11.6 Å². The van der Waals surface area contributed by atoms with Gasteiger partial charge in [-0.25, -0.2) is 0 Å². The number of allylic oxidation sites excluding steroid dienone is 1. The van der Waals surface area contributed by atoms with Crippen LogP contribution in [0.1, 0.15) is 37.7 Å². The molecule has 0 saturated carbocycles. The molecule has 0 fully saturated rings. The number of ether oxygens (including phenoxy) is 3. The molecule has 6 heteroatoms. The molecule has 0 radical (unpaired) electrons. The van der Waals surface area contributed by atoms with E-state index in [4.69, 9.17) is 14.2 Å². The van der Waals surface area contributed by atoms with Crippen LogP contribution in [-0.4, -0.2) is 40.9 Å². The van der Waals surface area contributed by atoms with E-state index in [2.05, 4.69) is 21.7 Å². The van der Waals surface area contributed by atoms with E-state index in [9.17, 15) is 0 Å². The molecule has 2 N–H and O–H groups in total. The largest absolute Gasteiger partial charge is 0.496 e. The van der Waals surface area contributed by atoms with Crippen molar-refractivity contribution in [2.24, 2.45) is 4.99 Å². The van der Waals surface area contributed by atoms with E-state index in [0.717, 1.165) is 36.0 Å². The van der Waals surface area contributed by atoms with Gasteiger partial charge in [0, 0.05) is 25.7 Å². The molecule has 0 unspecified atom stereocenters. The smallest absolute Gasteiger partial charge is 0.191 e. The van der Waals surface area contributed by atoms with Gasteiger partial charge in [-0.3, -0.25) is 4.99 Å². The molecule has 0 amide bonds. The lowest BCUT2D eigenvalue weighted by atomic mass is 9.97. The Morgan fingerprint density at radius 2 is 1.77 bits per heavy atom. The second-order valence-corrected chi connectivity index (χ2v) is 6.22. The van der Waals surface area contributed by atoms with E-state index in [-0.39, 0.29) is 0 Å². The van der Waals surface area contributed by atoms with Crippen molar-refractivity contribution in [3.05, 3.63) is 29.3 Å². The average Bonchev–Trinajstić information content (AvgIpc) is 2.70. The number of guanidine groups is 1. The molecule has 26 heavy (non-hydrogen) atoms. The van der Waals surface area contributed by atoms with Gasteiger partial charge in [-0.2, -0.15) is 0 Å². The Balaban J connectivity index is 1.94. The summed E-state index contributed by atoms with van der Waals surface area (Å²) in [5.41, 5.74) is 2.48. The van der Waals surface area contributed by atoms with Crippen LogP contribution in [0.25, 0.3) is 0 Å². The van der Waals surface area contributed by atoms with Gasteiger partial charge in [-0.05, 0) is 32.1 Å². The highest BCUT2D eigenvalue weighted by atomic mass is 16.5. The zero-order valence-electron chi connectivity index (χ0n) is 16.4.